The fourth-order valence-corrected chi connectivity index (χ4v) is 6.25. The molecule has 0 spiro atoms. The summed E-state index contributed by atoms with van der Waals surface area (Å²) in [5.74, 6) is 0.341. The first-order chi connectivity index (χ1) is 22.6. The van der Waals surface area contributed by atoms with Gasteiger partial charge in [0, 0.05) is 82.5 Å². The number of aromatic amines is 1. The smallest absolute Gasteiger partial charge is 0.407 e. The van der Waals surface area contributed by atoms with Crippen LogP contribution in [0, 0.1) is 5.92 Å². The van der Waals surface area contributed by atoms with Crippen LogP contribution in [0.1, 0.15) is 39.2 Å². The molecule has 0 radical (unpaired) electrons. The van der Waals surface area contributed by atoms with Gasteiger partial charge in [0.05, 0.1) is 18.7 Å². The van der Waals surface area contributed by atoms with E-state index in [2.05, 4.69) is 39.4 Å². The zero-order valence-electron chi connectivity index (χ0n) is 27.6. The molecule has 1 atom stereocenters. The Hall–Kier alpha value is -4.58. The van der Waals surface area contributed by atoms with E-state index < -0.39 is 11.7 Å². The standard InChI is InChI=1S/C35H46N6O6/c1-4-46-20-19-41(24-26-10-12-27(13-11-26)29-22-36-37-23-29)32(42)28-7-6-14-40(25-28)30-8-5-9-31(21-30)47-35(2,3)33(43)38-15-17-39(18-16-38)34(44)45/h5,8-13,21-23,28H,4,6-7,14-20,24-25H2,1-3H3,(H,36,37)(H,44,45). The summed E-state index contributed by atoms with van der Waals surface area (Å²) in [5.41, 5.74) is 2.94. The van der Waals surface area contributed by atoms with Crippen molar-refractivity contribution in [3.05, 3.63) is 66.5 Å². The molecule has 5 rings (SSSR count). The fraction of sp³-hybridized carbons (Fsp3) is 0.486. The molecule has 2 N–H and O–H groups in total. The Morgan fingerprint density at radius 2 is 1.77 bits per heavy atom. The van der Waals surface area contributed by atoms with Crippen molar-refractivity contribution in [2.24, 2.45) is 5.92 Å². The van der Waals surface area contributed by atoms with Gasteiger partial charge in [-0.25, -0.2) is 4.79 Å². The van der Waals surface area contributed by atoms with Crippen molar-refractivity contribution in [3.8, 4) is 16.9 Å². The zero-order valence-corrected chi connectivity index (χ0v) is 27.6. The molecular weight excluding hydrogens is 600 g/mol. The third-order valence-corrected chi connectivity index (χ3v) is 8.86. The van der Waals surface area contributed by atoms with E-state index in [4.69, 9.17) is 9.47 Å². The summed E-state index contributed by atoms with van der Waals surface area (Å²) in [6.45, 7) is 10.2. The molecule has 0 bridgehead atoms. The van der Waals surface area contributed by atoms with Crippen LogP contribution >= 0.6 is 0 Å². The molecule has 12 nitrogen and oxygen atoms in total. The van der Waals surface area contributed by atoms with Gasteiger partial charge in [-0.2, -0.15) is 5.10 Å². The van der Waals surface area contributed by atoms with Crippen LogP contribution < -0.4 is 9.64 Å². The Bertz CT molecular complexity index is 1490. The maximum atomic E-state index is 14.0. The highest BCUT2D eigenvalue weighted by Crippen LogP contribution is 2.30. The SMILES string of the molecule is CCOCCN(Cc1ccc(-c2cn[nH]c2)cc1)C(=O)C1CCCN(c2cccc(OC(C)(C)C(=O)N3CCN(C(=O)O)CC3)c2)C1. The third-order valence-electron chi connectivity index (χ3n) is 8.86. The zero-order chi connectivity index (χ0) is 33.4. The molecule has 12 heteroatoms. The van der Waals surface area contributed by atoms with Crippen LogP contribution in [0.25, 0.3) is 11.1 Å². The van der Waals surface area contributed by atoms with Crippen molar-refractivity contribution >= 4 is 23.6 Å². The van der Waals surface area contributed by atoms with Crippen LogP contribution in [-0.4, -0.2) is 113 Å². The number of piperazine rings is 1. The van der Waals surface area contributed by atoms with Crippen LogP contribution in [0.4, 0.5) is 10.5 Å². The van der Waals surface area contributed by atoms with Gasteiger partial charge in [-0.3, -0.25) is 14.7 Å². The van der Waals surface area contributed by atoms with Gasteiger partial charge in [-0.15, -0.1) is 0 Å². The van der Waals surface area contributed by atoms with Gasteiger partial charge in [0.2, 0.25) is 5.91 Å². The molecule has 2 fully saturated rings. The quantitative estimate of drug-likeness (QED) is 0.278. The van der Waals surface area contributed by atoms with Crippen LogP contribution in [-0.2, 0) is 20.9 Å². The first kappa shape index (κ1) is 33.8. The fourth-order valence-electron chi connectivity index (χ4n) is 6.25. The Labute approximate surface area is 276 Å². The highest BCUT2D eigenvalue weighted by atomic mass is 16.5. The lowest BCUT2D eigenvalue weighted by molar-refractivity contribution is -0.147. The van der Waals surface area contributed by atoms with Crippen LogP contribution in [0.3, 0.4) is 0 Å². The summed E-state index contributed by atoms with van der Waals surface area (Å²) in [7, 11) is 0. The Kier molecular flexibility index (Phi) is 11.0. The number of carbonyl (C=O) groups excluding carboxylic acids is 2. The number of nitrogens with zero attached hydrogens (tertiary/aromatic N) is 5. The number of carboxylic acid groups (broad SMARTS) is 1. The normalized spacial score (nSPS) is 17.0. The summed E-state index contributed by atoms with van der Waals surface area (Å²) in [5, 5.41) is 16.1. The largest absolute Gasteiger partial charge is 0.478 e. The number of benzene rings is 2. The van der Waals surface area contributed by atoms with Crippen molar-refractivity contribution in [3.63, 3.8) is 0 Å². The molecule has 0 saturated carbocycles. The number of anilines is 1. The van der Waals surface area contributed by atoms with Gasteiger partial charge in [0.1, 0.15) is 5.75 Å². The maximum Gasteiger partial charge on any atom is 0.407 e. The van der Waals surface area contributed by atoms with Crippen molar-refractivity contribution in [2.75, 3.05) is 63.9 Å². The molecular formula is C35H46N6O6. The number of hydrogen-bond acceptors (Lipinski definition) is 7. The predicted octanol–water partition coefficient (Wildman–Crippen LogP) is 4.34. The van der Waals surface area contributed by atoms with Crippen LogP contribution in [0.2, 0.25) is 0 Å². The highest BCUT2D eigenvalue weighted by Gasteiger charge is 2.37. The second-order valence-corrected chi connectivity index (χ2v) is 12.6. The minimum Gasteiger partial charge on any atom is -0.478 e. The number of hydrogen-bond donors (Lipinski definition) is 2. The van der Waals surface area contributed by atoms with Crippen molar-refractivity contribution in [1.82, 2.24) is 24.9 Å². The molecule has 0 aliphatic carbocycles. The minimum atomic E-state index is -1.14. The van der Waals surface area contributed by atoms with E-state index in [-0.39, 0.29) is 30.8 Å². The first-order valence-corrected chi connectivity index (χ1v) is 16.4. The van der Waals surface area contributed by atoms with Crippen molar-refractivity contribution in [2.45, 2.75) is 45.8 Å². The van der Waals surface area contributed by atoms with Gasteiger partial charge in [-0.1, -0.05) is 30.3 Å². The number of piperidine rings is 1. The molecule has 252 valence electrons. The molecule has 2 aliphatic heterocycles. The van der Waals surface area contributed by atoms with E-state index in [9.17, 15) is 19.5 Å². The summed E-state index contributed by atoms with van der Waals surface area (Å²) in [6.07, 6.45) is 4.37. The van der Waals surface area contributed by atoms with Gasteiger partial charge in [-0.05, 0) is 56.9 Å². The second-order valence-electron chi connectivity index (χ2n) is 12.6. The second kappa shape index (κ2) is 15.3. The van der Waals surface area contributed by atoms with E-state index in [0.29, 0.717) is 51.7 Å². The summed E-state index contributed by atoms with van der Waals surface area (Å²) in [4.78, 5) is 45.7. The topological polar surface area (TPSA) is 132 Å². The lowest BCUT2D eigenvalue weighted by Gasteiger charge is -2.38. The van der Waals surface area contributed by atoms with Gasteiger partial charge < -0.3 is 34.2 Å². The number of carbonyl (C=O) groups is 3. The van der Waals surface area contributed by atoms with E-state index in [1.54, 1.807) is 24.9 Å². The average Bonchev–Trinajstić information content (AvgIpc) is 3.63. The third kappa shape index (κ3) is 8.62. The van der Waals surface area contributed by atoms with E-state index in [1.807, 2.05) is 42.3 Å². The molecule has 47 heavy (non-hydrogen) atoms. The molecule has 3 heterocycles. The molecule has 2 saturated heterocycles. The molecule has 1 unspecified atom stereocenters. The Morgan fingerprint density at radius 3 is 2.45 bits per heavy atom. The maximum absolute atomic E-state index is 14.0. The van der Waals surface area contributed by atoms with Gasteiger partial charge in [0.15, 0.2) is 5.60 Å². The lowest BCUT2D eigenvalue weighted by atomic mass is 9.95. The number of amides is 3. The predicted molar refractivity (Wildman–Crippen MR) is 178 cm³/mol. The van der Waals surface area contributed by atoms with Crippen LogP contribution in [0.15, 0.2) is 60.9 Å². The molecule has 1 aromatic heterocycles. The van der Waals surface area contributed by atoms with E-state index in [0.717, 1.165) is 41.8 Å². The number of rotatable bonds is 12. The van der Waals surface area contributed by atoms with Crippen LogP contribution in [0.5, 0.6) is 5.75 Å². The lowest BCUT2D eigenvalue weighted by Crippen LogP contribution is -2.56. The number of aromatic nitrogens is 2. The highest BCUT2D eigenvalue weighted by molar-refractivity contribution is 5.85. The average molecular weight is 647 g/mol. The molecule has 2 aromatic carbocycles. The monoisotopic (exact) mass is 646 g/mol. The van der Waals surface area contributed by atoms with Gasteiger partial charge in [0.25, 0.3) is 5.91 Å². The minimum absolute atomic E-state index is 0.121. The molecule has 3 aromatic rings. The van der Waals surface area contributed by atoms with E-state index >= 15 is 0 Å². The van der Waals surface area contributed by atoms with E-state index in [1.165, 1.54) is 4.90 Å². The number of ether oxygens (including phenoxy) is 2. The first-order valence-electron chi connectivity index (χ1n) is 16.4. The van der Waals surface area contributed by atoms with Crippen molar-refractivity contribution in [1.29, 1.82) is 0 Å². The number of H-pyrrole nitrogens is 1. The summed E-state index contributed by atoms with van der Waals surface area (Å²) >= 11 is 0. The van der Waals surface area contributed by atoms with Crippen molar-refractivity contribution < 1.29 is 29.0 Å². The number of nitrogens with one attached hydrogen (secondary N) is 1. The Morgan fingerprint density at radius 1 is 1.02 bits per heavy atom. The summed E-state index contributed by atoms with van der Waals surface area (Å²) < 4.78 is 11.9. The summed E-state index contributed by atoms with van der Waals surface area (Å²) in [6, 6.07) is 15.9. The Balaban J connectivity index is 1.22. The van der Waals surface area contributed by atoms with Gasteiger partial charge >= 0.3 is 6.09 Å². The molecule has 3 amide bonds. The molecule has 2 aliphatic rings.